The molecule has 1 saturated heterocycles. The Bertz CT molecular complexity index is 1130. The van der Waals surface area contributed by atoms with Gasteiger partial charge in [0, 0.05) is 24.5 Å². The number of carbonyl (C=O) groups excluding carboxylic acids is 2. The molecule has 1 aliphatic heterocycles. The van der Waals surface area contributed by atoms with E-state index in [1.807, 2.05) is 44.2 Å². The van der Waals surface area contributed by atoms with Gasteiger partial charge in [0.2, 0.25) is 5.91 Å². The zero-order valence-electron chi connectivity index (χ0n) is 21.5. The predicted molar refractivity (Wildman–Crippen MR) is 144 cm³/mol. The lowest BCUT2D eigenvalue weighted by Gasteiger charge is -2.30. The van der Waals surface area contributed by atoms with Crippen LogP contribution in [0.2, 0.25) is 0 Å². The maximum Gasteiger partial charge on any atom is 0.318 e. The van der Waals surface area contributed by atoms with Crippen LogP contribution in [-0.4, -0.2) is 63.6 Å². The summed E-state index contributed by atoms with van der Waals surface area (Å²) in [5.41, 5.74) is 1.08. The quantitative estimate of drug-likeness (QED) is 0.465. The molecule has 2 aromatic carbocycles. The van der Waals surface area contributed by atoms with Crippen LogP contribution in [-0.2, 0) is 25.8 Å². The molecule has 9 heteroatoms. The van der Waals surface area contributed by atoms with E-state index < -0.39 is 21.9 Å². The van der Waals surface area contributed by atoms with Crippen LogP contribution in [0.15, 0.2) is 77.0 Å². The van der Waals surface area contributed by atoms with Gasteiger partial charge < -0.3 is 20.3 Å². The maximum atomic E-state index is 13.4. The van der Waals surface area contributed by atoms with Crippen LogP contribution in [0.3, 0.4) is 0 Å². The second kappa shape index (κ2) is 13.9. The topological polar surface area (TPSA) is 105 Å². The molecule has 1 aliphatic rings. The molecule has 2 atom stereocenters. The average Bonchev–Trinajstić information content (AvgIpc) is 2.91. The normalized spacial score (nSPS) is 15.9. The van der Waals surface area contributed by atoms with Gasteiger partial charge in [-0.3, -0.25) is 4.79 Å². The van der Waals surface area contributed by atoms with Gasteiger partial charge in [0.25, 0.3) is 0 Å². The Labute approximate surface area is 220 Å². The zero-order chi connectivity index (χ0) is 26.7. The number of hydrogen-bond acceptors (Lipinski definition) is 5. The van der Waals surface area contributed by atoms with Crippen molar-refractivity contribution in [3.05, 3.63) is 77.7 Å². The van der Waals surface area contributed by atoms with Crippen LogP contribution < -0.4 is 10.6 Å². The van der Waals surface area contributed by atoms with Crippen LogP contribution >= 0.6 is 0 Å². The first-order valence-electron chi connectivity index (χ1n) is 12.7. The van der Waals surface area contributed by atoms with Gasteiger partial charge in [-0.25, -0.2) is 13.2 Å². The lowest BCUT2D eigenvalue weighted by Crippen LogP contribution is -2.54. The van der Waals surface area contributed by atoms with Gasteiger partial charge in [-0.15, -0.1) is 0 Å². The summed E-state index contributed by atoms with van der Waals surface area (Å²) in [6.07, 6.45) is 3.14. The molecule has 2 aromatic rings. The van der Waals surface area contributed by atoms with E-state index in [9.17, 15) is 18.0 Å². The number of nitrogens with one attached hydrogen (secondary N) is 2. The fourth-order valence-electron chi connectivity index (χ4n) is 4.06. The van der Waals surface area contributed by atoms with E-state index >= 15 is 0 Å². The highest BCUT2D eigenvalue weighted by Gasteiger charge is 2.27. The van der Waals surface area contributed by atoms with Crippen molar-refractivity contribution in [2.75, 3.05) is 26.3 Å². The second-order valence-electron chi connectivity index (χ2n) is 9.56. The molecule has 200 valence electrons. The summed E-state index contributed by atoms with van der Waals surface area (Å²) >= 11 is 0. The van der Waals surface area contributed by atoms with Gasteiger partial charge in [0.15, 0.2) is 9.84 Å². The zero-order valence-corrected chi connectivity index (χ0v) is 22.3. The van der Waals surface area contributed by atoms with Gasteiger partial charge in [0.1, 0.15) is 6.04 Å². The molecular formula is C28H37N3O5S. The number of nitrogens with zero attached hydrogens (tertiary/aromatic N) is 1. The Morgan fingerprint density at radius 3 is 2.22 bits per heavy atom. The first-order chi connectivity index (χ1) is 17.7. The molecule has 3 amide bonds. The number of aryl methyl sites for hydroxylation is 1. The third-order valence-electron chi connectivity index (χ3n) is 6.10. The first kappa shape index (κ1) is 28.4. The molecule has 3 rings (SSSR count). The van der Waals surface area contributed by atoms with E-state index in [1.165, 1.54) is 18.2 Å². The maximum absolute atomic E-state index is 13.4. The van der Waals surface area contributed by atoms with Crippen molar-refractivity contribution in [1.82, 2.24) is 15.5 Å². The summed E-state index contributed by atoms with van der Waals surface area (Å²) in [6, 6.07) is 16.4. The molecule has 0 aliphatic carbocycles. The molecule has 0 bridgehead atoms. The monoisotopic (exact) mass is 527 g/mol. The summed E-state index contributed by atoms with van der Waals surface area (Å²) in [4.78, 5) is 28.0. The van der Waals surface area contributed by atoms with E-state index in [0.29, 0.717) is 45.6 Å². The Balaban J connectivity index is 1.75. The minimum absolute atomic E-state index is 0.164. The summed E-state index contributed by atoms with van der Waals surface area (Å²) in [7, 11) is -3.67. The largest absolute Gasteiger partial charge is 0.378 e. The van der Waals surface area contributed by atoms with Crippen molar-refractivity contribution in [3.8, 4) is 0 Å². The third-order valence-corrected chi connectivity index (χ3v) is 7.54. The molecule has 0 aromatic heterocycles. The van der Waals surface area contributed by atoms with Crippen LogP contribution in [0.25, 0.3) is 0 Å². The Morgan fingerprint density at radius 2 is 1.59 bits per heavy atom. The summed E-state index contributed by atoms with van der Waals surface area (Å²) in [5.74, 6) is -0.173. The number of hydrogen-bond donors (Lipinski definition) is 2. The van der Waals surface area contributed by atoms with Crippen molar-refractivity contribution in [2.45, 2.75) is 50.1 Å². The second-order valence-corrected chi connectivity index (χ2v) is 11.4. The highest BCUT2D eigenvalue weighted by atomic mass is 32.2. The van der Waals surface area contributed by atoms with Crippen LogP contribution in [0.1, 0.15) is 32.3 Å². The number of ether oxygens (including phenoxy) is 1. The van der Waals surface area contributed by atoms with Gasteiger partial charge >= 0.3 is 6.03 Å². The highest BCUT2D eigenvalue weighted by Crippen LogP contribution is 2.14. The van der Waals surface area contributed by atoms with E-state index in [-0.39, 0.29) is 22.8 Å². The van der Waals surface area contributed by atoms with E-state index in [0.717, 1.165) is 11.0 Å². The fraction of sp³-hybridized carbons (Fsp3) is 0.429. The molecule has 0 spiro atoms. The molecule has 8 nitrogen and oxygen atoms in total. The Kier molecular flexibility index (Phi) is 10.7. The summed E-state index contributed by atoms with van der Waals surface area (Å²) in [5, 5.41) is 7.00. The average molecular weight is 528 g/mol. The molecule has 1 heterocycles. The third kappa shape index (κ3) is 9.33. The lowest BCUT2D eigenvalue weighted by molar-refractivity contribution is -0.123. The Hall–Kier alpha value is -3.17. The van der Waals surface area contributed by atoms with Gasteiger partial charge in [-0.2, -0.15) is 0 Å². The number of sulfone groups is 1. The van der Waals surface area contributed by atoms with Crippen LogP contribution in [0, 0.1) is 5.92 Å². The smallest absolute Gasteiger partial charge is 0.318 e. The molecule has 0 saturated carbocycles. The molecule has 2 unspecified atom stereocenters. The standard InChI is InChI=1S/C28H37N3O5S/c1-22(2)21-26(30-28(33)31-16-18-36-19-17-31)27(32)29-24(14-13-23-9-5-3-6-10-23)15-20-37(34,35)25-11-7-4-8-12-25/h3-12,15,20,22,24,26H,13-14,16-19,21H2,1-2H3,(H,29,32)(H,30,33)/b20-15+. The molecule has 1 fully saturated rings. The van der Waals surface area contributed by atoms with Crippen molar-refractivity contribution in [1.29, 1.82) is 0 Å². The summed E-state index contributed by atoms with van der Waals surface area (Å²) < 4.78 is 31.0. The van der Waals surface area contributed by atoms with Crippen molar-refractivity contribution in [2.24, 2.45) is 5.92 Å². The minimum atomic E-state index is -3.67. The summed E-state index contributed by atoms with van der Waals surface area (Å²) in [6.45, 7) is 5.86. The molecule has 0 radical (unpaired) electrons. The first-order valence-corrected chi connectivity index (χ1v) is 14.2. The number of urea groups is 1. The highest BCUT2D eigenvalue weighted by molar-refractivity contribution is 7.94. The lowest BCUT2D eigenvalue weighted by atomic mass is 10.0. The Morgan fingerprint density at radius 1 is 0.973 bits per heavy atom. The van der Waals surface area contributed by atoms with Crippen molar-refractivity contribution in [3.63, 3.8) is 0 Å². The van der Waals surface area contributed by atoms with Crippen LogP contribution in [0.4, 0.5) is 4.79 Å². The number of amides is 3. The molecule has 2 N–H and O–H groups in total. The number of rotatable bonds is 11. The number of carbonyl (C=O) groups is 2. The van der Waals surface area contributed by atoms with Gasteiger partial charge in [-0.05, 0) is 42.9 Å². The number of benzene rings is 2. The van der Waals surface area contributed by atoms with Crippen molar-refractivity contribution >= 4 is 21.8 Å². The van der Waals surface area contributed by atoms with E-state index in [4.69, 9.17) is 4.74 Å². The van der Waals surface area contributed by atoms with Crippen LogP contribution in [0.5, 0.6) is 0 Å². The minimum Gasteiger partial charge on any atom is -0.378 e. The molecular weight excluding hydrogens is 490 g/mol. The van der Waals surface area contributed by atoms with Crippen molar-refractivity contribution < 1.29 is 22.7 Å². The van der Waals surface area contributed by atoms with E-state index in [1.54, 1.807) is 23.1 Å². The van der Waals surface area contributed by atoms with Gasteiger partial charge in [-0.1, -0.05) is 68.5 Å². The SMILES string of the molecule is CC(C)CC(NC(=O)N1CCOCC1)C(=O)NC(/C=C/S(=O)(=O)c1ccccc1)CCc1ccccc1. The predicted octanol–water partition coefficient (Wildman–Crippen LogP) is 3.55. The fourth-order valence-corrected chi connectivity index (χ4v) is 5.15. The molecule has 37 heavy (non-hydrogen) atoms. The van der Waals surface area contributed by atoms with Gasteiger partial charge in [0.05, 0.1) is 18.1 Å². The van der Waals surface area contributed by atoms with E-state index in [2.05, 4.69) is 10.6 Å². The number of morpholine rings is 1.